The van der Waals surface area contributed by atoms with Gasteiger partial charge >= 0.3 is 5.97 Å². The van der Waals surface area contributed by atoms with Gasteiger partial charge in [0.1, 0.15) is 4.88 Å². The second kappa shape index (κ2) is 5.85. The summed E-state index contributed by atoms with van der Waals surface area (Å²) in [6, 6.07) is 6.77. The van der Waals surface area contributed by atoms with E-state index in [2.05, 4.69) is 22.9 Å². The predicted octanol–water partition coefficient (Wildman–Crippen LogP) is 1.37. The number of aromatic carboxylic acids is 1. The Bertz CT molecular complexity index is 696. The number of thiophene rings is 1. The molecule has 1 aromatic heterocycles. The Morgan fingerprint density at radius 1 is 1.35 bits per heavy atom. The number of fused-ring (bicyclic) bond motifs is 1. The van der Waals surface area contributed by atoms with Gasteiger partial charge in [0.25, 0.3) is 0 Å². The molecule has 1 aromatic carbocycles. The smallest absolute Gasteiger partial charge is 0.345 e. The van der Waals surface area contributed by atoms with E-state index in [0.717, 1.165) is 10.1 Å². The van der Waals surface area contributed by atoms with Gasteiger partial charge in [-0.25, -0.2) is 4.79 Å². The molecule has 0 aliphatic rings. The van der Waals surface area contributed by atoms with Crippen LogP contribution < -0.4 is 16.4 Å². The molecule has 0 aliphatic carbocycles. The molecule has 2 rings (SSSR count). The normalized spacial score (nSPS) is 10.2. The Morgan fingerprint density at radius 3 is 2.75 bits per heavy atom. The van der Waals surface area contributed by atoms with Crippen molar-refractivity contribution in [3.63, 3.8) is 0 Å². The zero-order chi connectivity index (χ0) is 14.7. The van der Waals surface area contributed by atoms with Crippen LogP contribution in [0.25, 0.3) is 10.1 Å². The Kier molecular flexibility index (Phi) is 4.16. The number of nitrogens with two attached hydrogens (primary N) is 1. The molecule has 5 N–H and O–H groups in total. The first-order valence-electron chi connectivity index (χ1n) is 5.56. The largest absolute Gasteiger partial charge is 0.477 e. The van der Waals surface area contributed by atoms with E-state index in [1.54, 1.807) is 24.3 Å². The van der Waals surface area contributed by atoms with Gasteiger partial charge in [0, 0.05) is 10.4 Å². The molecule has 0 aliphatic heterocycles. The number of hydrogen-bond acceptors (Lipinski definition) is 4. The van der Waals surface area contributed by atoms with Gasteiger partial charge in [0.2, 0.25) is 5.91 Å². The Morgan fingerprint density at radius 2 is 2.10 bits per heavy atom. The number of nitrogens with one attached hydrogen (secondary N) is 2. The summed E-state index contributed by atoms with van der Waals surface area (Å²) in [6.07, 6.45) is 0. The van der Waals surface area contributed by atoms with Gasteiger partial charge in [-0.2, -0.15) is 0 Å². The van der Waals surface area contributed by atoms with Crippen LogP contribution in [0, 0.1) is 0 Å². The maximum atomic E-state index is 11.6. The van der Waals surface area contributed by atoms with Crippen molar-refractivity contribution in [1.29, 1.82) is 0 Å². The van der Waals surface area contributed by atoms with E-state index in [-0.39, 0.29) is 22.4 Å². The lowest BCUT2D eigenvalue weighted by Crippen LogP contribution is -2.36. The zero-order valence-corrected chi connectivity index (χ0v) is 11.8. The van der Waals surface area contributed by atoms with Crippen LogP contribution in [0.5, 0.6) is 0 Å². The highest BCUT2D eigenvalue weighted by Gasteiger charge is 2.09. The lowest BCUT2D eigenvalue weighted by atomic mass is 10.2. The molecule has 0 radical (unpaired) electrons. The van der Waals surface area contributed by atoms with E-state index >= 15 is 0 Å². The van der Waals surface area contributed by atoms with E-state index in [1.807, 2.05) is 0 Å². The molecule has 0 atom stereocenters. The number of carbonyl (C=O) groups excluding carboxylic acids is 1. The lowest BCUT2D eigenvalue weighted by molar-refractivity contribution is -0.115. The Labute approximate surface area is 123 Å². The molecule has 20 heavy (non-hydrogen) atoms. The average molecular weight is 309 g/mol. The molecule has 2 aromatic rings. The molecule has 6 nitrogen and oxygen atoms in total. The van der Waals surface area contributed by atoms with Crippen LogP contribution in [0.15, 0.2) is 24.3 Å². The van der Waals surface area contributed by atoms with Crippen LogP contribution in [0.4, 0.5) is 5.69 Å². The molecular weight excluding hydrogens is 298 g/mol. The number of hydrogen-bond donors (Lipinski definition) is 4. The molecule has 0 spiro atoms. The topological polar surface area (TPSA) is 104 Å². The molecule has 0 saturated heterocycles. The second-order valence-corrected chi connectivity index (χ2v) is 5.46. The number of benzene rings is 1. The van der Waals surface area contributed by atoms with Crippen LogP contribution >= 0.6 is 23.6 Å². The zero-order valence-electron chi connectivity index (χ0n) is 10.2. The minimum atomic E-state index is -0.961. The maximum absolute atomic E-state index is 11.6. The standard InChI is InChI=1S/C12H11N3O3S2/c13-12(19)14-5-10(16)15-7-1-2-8-6(3-7)4-9(20-8)11(17)18/h1-4H,5H2,(H,15,16)(H,17,18)(H3,13,14,19). The summed E-state index contributed by atoms with van der Waals surface area (Å²) in [7, 11) is 0. The molecular formula is C12H11N3O3S2. The third-order valence-electron chi connectivity index (χ3n) is 2.43. The van der Waals surface area contributed by atoms with Crippen molar-refractivity contribution in [3.8, 4) is 0 Å². The number of amides is 1. The monoisotopic (exact) mass is 309 g/mol. The number of carbonyl (C=O) groups is 2. The van der Waals surface area contributed by atoms with E-state index in [9.17, 15) is 9.59 Å². The van der Waals surface area contributed by atoms with Crippen molar-refractivity contribution in [2.24, 2.45) is 5.73 Å². The first-order valence-corrected chi connectivity index (χ1v) is 6.78. The fourth-order valence-electron chi connectivity index (χ4n) is 1.60. The maximum Gasteiger partial charge on any atom is 0.345 e. The summed E-state index contributed by atoms with van der Waals surface area (Å²) in [5, 5.41) is 15.0. The number of anilines is 1. The SMILES string of the molecule is NC(=S)NCC(=O)Nc1ccc2sc(C(=O)O)cc2c1. The number of carboxylic acids is 1. The molecule has 0 saturated carbocycles. The average Bonchev–Trinajstić information content (AvgIpc) is 2.79. The molecule has 1 amide bonds. The third-order valence-corrected chi connectivity index (χ3v) is 3.68. The summed E-state index contributed by atoms with van der Waals surface area (Å²) < 4.78 is 0.849. The third kappa shape index (κ3) is 3.43. The molecule has 0 bridgehead atoms. The summed E-state index contributed by atoms with van der Waals surface area (Å²) in [4.78, 5) is 22.7. The van der Waals surface area contributed by atoms with Crippen LogP contribution in [0.3, 0.4) is 0 Å². The van der Waals surface area contributed by atoms with Gasteiger partial charge < -0.3 is 21.5 Å². The number of rotatable bonds is 4. The highest BCUT2D eigenvalue weighted by atomic mass is 32.1. The van der Waals surface area contributed by atoms with Crippen LogP contribution in [-0.4, -0.2) is 28.6 Å². The van der Waals surface area contributed by atoms with Crippen LogP contribution in [-0.2, 0) is 4.79 Å². The minimum absolute atomic E-state index is 0.0165. The molecule has 1 heterocycles. The summed E-state index contributed by atoms with van der Waals surface area (Å²) in [6.45, 7) is -0.0165. The molecule has 0 fully saturated rings. The minimum Gasteiger partial charge on any atom is -0.477 e. The predicted molar refractivity (Wildman–Crippen MR) is 82.2 cm³/mol. The van der Waals surface area contributed by atoms with Crippen molar-refractivity contribution in [2.45, 2.75) is 0 Å². The van der Waals surface area contributed by atoms with Gasteiger partial charge in [-0.3, -0.25) is 4.79 Å². The van der Waals surface area contributed by atoms with Crippen molar-refractivity contribution in [3.05, 3.63) is 29.1 Å². The summed E-state index contributed by atoms with van der Waals surface area (Å²) in [5.74, 6) is -1.25. The summed E-state index contributed by atoms with van der Waals surface area (Å²) >= 11 is 5.79. The van der Waals surface area contributed by atoms with Gasteiger partial charge in [0.05, 0.1) is 6.54 Å². The highest BCUT2D eigenvalue weighted by molar-refractivity contribution is 7.80. The fraction of sp³-hybridized carbons (Fsp3) is 0.0833. The van der Waals surface area contributed by atoms with Gasteiger partial charge in [0.15, 0.2) is 5.11 Å². The van der Waals surface area contributed by atoms with Crippen molar-refractivity contribution in [1.82, 2.24) is 5.32 Å². The van der Waals surface area contributed by atoms with Crippen LogP contribution in [0.2, 0.25) is 0 Å². The van der Waals surface area contributed by atoms with Crippen LogP contribution in [0.1, 0.15) is 9.67 Å². The quantitative estimate of drug-likeness (QED) is 0.636. The van der Waals surface area contributed by atoms with E-state index in [0.29, 0.717) is 5.69 Å². The van der Waals surface area contributed by atoms with Crippen molar-refractivity contribution < 1.29 is 14.7 Å². The molecule has 0 unspecified atom stereocenters. The van der Waals surface area contributed by atoms with Gasteiger partial charge in [-0.15, -0.1) is 11.3 Å². The Balaban J connectivity index is 2.13. The molecule has 104 valence electrons. The van der Waals surface area contributed by atoms with Gasteiger partial charge in [-0.1, -0.05) is 0 Å². The first kappa shape index (κ1) is 14.2. The van der Waals surface area contributed by atoms with Crippen molar-refractivity contribution in [2.75, 3.05) is 11.9 Å². The van der Waals surface area contributed by atoms with Gasteiger partial charge in [-0.05, 0) is 41.9 Å². The first-order chi connectivity index (χ1) is 9.45. The summed E-state index contributed by atoms with van der Waals surface area (Å²) in [5.41, 5.74) is 5.81. The lowest BCUT2D eigenvalue weighted by Gasteiger charge is -2.06. The second-order valence-electron chi connectivity index (χ2n) is 3.93. The Hall–Kier alpha value is -2.19. The molecule has 8 heteroatoms. The van der Waals surface area contributed by atoms with Crippen molar-refractivity contribution >= 4 is 56.3 Å². The number of thiocarbonyl (C=S) groups is 1. The fourth-order valence-corrected chi connectivity index (χ4v) is 2.55. The van der Waals surface area contributed by atoms with E-state index in [1.165, 1.54) is 11.3 Å². The highest BCUT2D eigenvalue weighted by Crippen LogP contribution is 2.28. The van der Waals surface area contributed by atoms with E-state index < -0.39 is 5.97 Å². The number of carboxylic acid groups (broad SMARTS) is 1. The van der Waals surface area contributed by atoms with E-state index in [4.69, 9.17) is 10.8 Å².